The molecule has 0 fully saturated rings. The van der Waals surface area contributed by atoms with Gasteiger partial charge >= 0.3 is 0 Å². The van der Waals surface area contributed by atoms with Crippen molar-refractivity contribution in [3.8, 4) is 0 Å². The fourth-order valence-corrected chi connectivity index (χ4v) is 2.90. The van der Waals surface area contributed by atoms with Crippen LogP contribution < -0.4 is 10.5 Å². The zero-order chi connectivity index (χ0) is 13.7. The van der Waals surface area contributed by atoms with Gasteiger partial charge in [-0.05, 0) is 12.0 Å². The van der Waals surface area contributed by atoms with E-state index in [-0.39, 0.29) is 17.6 Å². The van der Waals surface area contributed by atoms with Gasteiger partial charge in [-0.3, -0.25) is 0 Å². The number of aromatic nitrogens is 2. The van der Waals surface area contributed by atoms with Gasteiger partial charge in [0.05, 0.1) is 12.5 Å². The molecule has 1 atom stereocenters. The maximum atomic E-state index is 12.0. The van der Waals surface area contributed by atoms with Crippen molar-refractivity contribution in [2.75, 3.05) is 6.54 Å². The molecule has 0 amide bonds. The van der Waals surface area contributed by atoms with E-state index in [1.54, 1.807) is 0 Å². The molecule has 0 aliphatic rings. The molecular weight excluding hydrogens is 264 g/mol. The number of rotatable bonds is 6. The predicted molar refractivity (Wildman–Crippen MR) is 71.9 cm³/mol. The van der Waals surface area contributed by atoms with Crippen LogP contribution in [0, 0.1) is 0 Å². The average Bonchev–Trinajstić information content (AvgIpc) is 2.93. The molecule has 0 aliphatic heterocycles. The Bertz CT molecular complexity index is 596. The average molecular weight is 280 g/mol. The number of H-pyrrole nitrogens is 1. The van der Waals surface area contributed by atoms with E-state index < -0.39 is 10.0 Å². The molecule has 0 spiro atoms. The Labute approximate surface area is 112 Å². The molecule has 0 bridgehead atoms. The zero-order valence-corrected chi connectivity index (χ0v) is 11.1. The van der Waals surface area contributed by atoms with E-state index in [1.807, 2.05) is 30.3 Å². The standard InChI is InChI=1S/C12H16N4O2S/c13-7-11(6-10-4-2-1-3-5-10)16-19(17,18)12-8-14-9-15-12/h1-5,8-9,11,16H,6-7,13H2,(H,14,15). The van der Waals surface area contributed by atoms with Crippen molar-refractivity contribution in [3.63, 3.8) is 0 Å². The van der Waals surface area contributed by atoms with Gasteiger partial charge in [0.15, 0.2) is 5.03 Å². The lowest BCUT2D eigenvalue weighted by Crippen LogP contribution is -2.41. The van der Waals surface area contributed by atoms with E-state index in [9.17, 15) is 8.42 Å². The molecule has 2 rings (SSSR count). The molecule has 1 unspecified atom stereocenters. The monoisotopic (exact) mass is 280 g/mol. The summed E-state index contributed by atoms with van der Waals surface area (Å²) in [5, 5.41) is 0.0408. The Morgan fingerprint density at radius 1 is 1.32 bits per heavy atom. The fraction of sp³-hybridized carbons (Fsp3) is 0.250. The largest absolute Gasteiger partial charge is 0.335 e. The number of hydrogen-bond acceptors (Lipinski definition) is 4. The number of nitrogens with one attached hydrogen (secondary N) is 2. The van der Waals surface area contributed by atoms with Crippen LogP contribution in [0.25, 0.3) is 0 Å². The topological polar surface area (TPSA) is 101 Å². The van der Waals surface area contributed by atoms with Crippen molar-refractivity contribution < 1.29 is 8.42 Å². The molecule has 102 valence electrons. The van der Waals surface area contributed by atoms with Crippen molar-refractivity contribution >= 4 is 10.0 Å². The fourth-order valence-electron chi connectivity index (χ4n) is 1.74. The first-order valence-corrected chi connectivity index (χ1v) is 7.35. The summed E-state index contributed by atoms with van der Waals surface area (Å²) in [4.78, 5) is 6.27. The quantitative estimate of drug-likeness (QED) is 0.706. The molecule has 1 heterocycles. The van der Waals surface area contributed by atoms with Gasteiger partial charge < -0.3 is 10.7 Å². The van der Waals surface area contributed by atoms with Crippen LogP contribution in [0.3, 0.4) is 0 Å². The summed E-state index contributed by atoms with van der Waals surface area (Å²) in [5.74, 6) is 0. The van der Waals surface area contributed by atoms with Crippen molar-refractivity contribution in [2.24, 2.45) is 5.73 Å². The Kier molecular flexibility index (Phi) is 4.31. The molecular formula is C12H16N4O2S. The SMILES string of the molecule is NCC(Cc1ccccc1)NS(=O)(=O)c1cnc[nH]1. The Hall–Kier alpha value is -1.70. The minimum atomic E-state index is -3.60. The summed E-state index contributed by atoms with van der Waals surface area (Å²) in [6.45, 7) is 0.224. The lowest BCUT2D eigenvalue weighted by atomic mass is 10.1. The smallest absolute Gasteiger partial charge is 0.257 e. The summed E-state index contributed by atoms with van der Waals surface area (Å²) >= 11 is 0. The van der Waals surface area contributed by atoms with Crippen LogP contribution in [0.2, 0.25) is 0 Å². The van der Waals surface area contributed by atoms with Gasteiger partial charge in [0.25, 0.3) is 10.0 Å². The minimum absolute atomic E-state index is 0.0408. The number of imidazole rings is 1. The Morgan fingerprint density at radius 3 is 2.63 bits per heavy atom. The molecule has 6 nitrogen and oxygen atoms in total. The second-order valence-electron chi connectivity index (χ2n) is 4.16. The van der Waals surface area contributed by atoms with E-state index >= 15 is 0 Å². The number of nitrogens with two attached hydrogens (primary N) is 1. The number of aromatic amines is 1. The van der Waals surface area contributed by atoms with Gasteiger partial charge in [-0.25, -0.2) is 18.1 Å². The lowest BCUT2D eigenvalue weighted by molar-refractivity contribution is 0.545. The highest BCUT2D eigenvalue weighted by Gasteiger charge is 2.20. The van der Waals surface area contributed by atoms with Gasteiger partial charge in [0.2, 0.25) is 0 Å². The van der Waals surface area contributed by atoms with Crippen LogP contribution >= 0.6 is 0 Å². The van der Waals surface area contributed by atoms with Crippen molar-refractivity contribution in [1.29, 1.82) is 0 Å². The van der Waals surface area contributed by atoms with Crippen LogP contribution in [0.4, 0.5) is 0 Å². The van der Waals surface area contributed by atoms with E-state index in [2.05, 4.69) is 14.7 Å². The summed E-state index contributed by atoms with van der Waals surface area (Å²) < 4.78 is 26.6. The van der Waals surface area contributed by atoms with Crippen LogP contribution in [0.5, 0.6) is 0 Å². The molecule has 4 N–H and O–H groups in total. The summed E-state index contributed by atoms with van der Waals surface area (Å²) in [7, 11) is -3.60. The van der Waals surface area contributed by atoms with E-state index in [4.69, 9.17) is 5.73 Å². The normalized spacial score (nSPS) is 13.3. The Morgan fingerprint density at radius 2 is 2.05 bits per heavy atom. The highest BCUT2D eigenvalue weighted by Crippen LogP contribution is 2.07. The summed E-state index contributed by atoms with van der Waals surface area (Å²) in [5.41, 5.74) is 6.66. The van der Waals surface area contributed by atoms with Crippen LogP contribution in [-0.2, 0) is 16.4 Å². The number of benzene rings is 1. The predicted octanol–water partition coefficient (Wildman–Crippen LogP) is 0.258. The third kappa shape index (κ3) is 3.63. The third-order valence-electron chi connectivity index (χ3n) is 2.69. The third-order valence-corrected chi connectivity index (χ3v) is 4.14. The van der Waals surface area contributed by atoms with Crippen molar-refractivity contribution in [2.45, 2.75) is 17.5 Å². The number of sulfonamides is 1. The van der Waals surface area contributed by atoms with E-state index in [0.29, 0.717) is 6.42 Å². The number of hydrogen-bond donors (Lipinski definition) is 3. The van der Waals surface area contributed by atoms with Crippen LogP contribution in [0.1, 0.15) is 5.56 Å². The second-order valence-corrected chi connectivity index (χ2v) is 5.84. The van der Waals surface area contributed by atoms with E-state index in [1.165, 1.54) is 12.5 Å². The molecule has 7 heteroatoms. The molecule has 0 saturated heterocycles. The first-order chi connectivity index (χ1) is 9.12. The van der Waals surface area contributed by atoms with Gasteiger partial charge in [-0.15, -0.1) is 0 Å². The first-order valence-electron chi connectivity index (χ1n) is 5.86. The van der Waals surface area contributed by atoms with E-state index in [0.717, 1.165) is 5.56 Å². The second kappa shape index (κ2) is 5.96. The van der Waals surface area contributed by atoms with Crippen molar-refractivity contribution in [3.05, 3.63) is 48.4 Å². The van der Waals surface area contributed by atoms with Crippen LogP contribution in [0.15, 0.2) is 47.9 Å². The maximum absolute atomic E-state index is 12.0. The molecule has 2 aromatic rings. The maximum Gasteiger partial charge on any atom is 0.257 e. The lowest BCUT2D eigenvalue weighted by Gasteiger charge is -2.16. The van der Waals surface area contributed by atoms with Gasteiger partial charge in [0, 0.05) is 12.6 Å². The highest BCUT2D eigenvalue weighted by molar-refractivity contribution is 7.89. The first kappa shape index (κ1) is 13.7. The van der Waals surface area contributed by atoms with Gasteiger partial charge in [-0.1, -0.05) is 30.3 Å². The number of nitrogens with zero attached hydrogens (tertiary/aromatic N) is 1. The van der Waals surface area contributed by atoms with Gasteiger partial charge in [0.1, 0.15) is 0 Å². The van der Waals surface area contributed by atoms with Crippen LogP contribution in [-0.4, -0.2) is 31.0 Å². The Balaban J connectivity index is 2.08. The summed E-state index contributed by atoms with van der Waals surface area (Å²) in [6.07, 6.45) is 3.13. The molecule has 1 aromatic carbocycles. The molecule has 1 aromatic heterocycles. The van der Waals surface area contributed by atoms with Crippen molar-refractivity contribution in [1.82, 2.24) is 14.7 Å². The highest BCUT2D eigenvalue weighted by atomic mass is 32.2. The molecule has 0 aliphatic carbocycles. The zero-order valence-electron chi connectivity index (χ0n) is 10.3. The molecule has 0 saturated carbocycles. The minimum Gasteiger partial charge on any atom is -0.335 e. The summed E-state index contributed by atoms with van der Waals surface area (Å²) in [6, 6.07) is 9.25. The van der Waals surface area contributed by atoms with Gasteiger partial charge in [-0.2, -0.15) is 0 Å². The molecule has 19 heavy (non-hydrogen) atoms. The molecule has 0 radical (unpaired) electrons.